The third kappa shape index (κ3) is 5.94. The standard InChI is InChI=1S/C26H30N4O2/c1-18-6-10-22(11-7-18)16-30-21(4)24(20(3)28-30)14-15-26(32)29(5)17-25(31)27-23-12-8-19(2)9-13-23/h6-15H,16-17H2,1-5H3,(H,27,31)/b15-14+. The molecule has 0 unspecified atom stereocenters. The first kappa shape index (κ1) is 23.0. The summed E-state index contributed by atoms with van der Waals surface area (Å²) in [7, 11) is 1.61. The molecule has 166 valence electrons. The van der Waals surface area contributed by atoms with E-state index in [1.807, 2.05) is 49.7 Å². The Kier molecular flexibility index (Phi) is 7.25. The fourth-order valence-corrected chi connectivity index (χ4v) is 3.38. The number of amides is 2. The number of benzene rings is 2. The Morgan fingerprint density at radius 2 is 1.56 bits per heavy atom. The molecule has 0 aliphatic rings. The number of aryl methyl sites for hydroxylation is 3. The van der Waals surface area contributed by atoms with Gasteiger partial charge in [-0.3, -0.25) is 14.3 Å². The number of hydrogen-bond donors (Lipinski definition) is 1. The predicted molar refractivity (Wildman–Crippen MR) is 128 cm³/mol. The van der Waals surface area contributed by atoms with Crippen LogP contribution in [-0.4, -0.2) is 40.1 Å². The Balaban J connectivity index is 1.61. The van der Waals surface area contributed by atoms with E-state index in [1.165, 1.54) is 22.1 Å². The van der Waals surface area contributed by atoms with E-state index in [2.05, 4.69) is 41.6 Å². The van der Waals surface area contributed by atoms with Crippen molar-refractivity contribution in [2.75, 3.05) is 18.9 Å². The summed E-state index contributed by atoms with van der Waals surface area (Å²) in [4.78, 5) is 26.2. The molecular weight excluding hydrogens is 400 g/mol. The number of nitrogens with zero attached hydrogens (tertiary/aromatic N) is 3. The molecule has 1 N–H and O–H groups in total. The number of anilines is 1. The molecule has 0 saturated carbocycles. The predicted octanol–water partition coefficient (Wildman–Crippen LogP) is 4.28. The Hall–Kier alpha value is -3.67. The summed E-state index contributed by atoms with van der Waals surface area (Å²) < 4.78 is 1.95. The molecule has 0 radical (unpaired) electrons. The van der Waals surface area contributed by atoms with E-state index in [4.69, 9.17) is 0 Å². The van der Waals surface area contributed by atoms with Gasteiger partial charge in [0.2, 0.25) is 11.8 Å². The molecular formula is C26H30N4O2. The lowest BCUT2D eigenvalue weighted by molar-refractivity contribution is -0.129. The molecule has 1 aromatic heterocycles. The van der Waals surface area contributed by atoms with Crippen molar-refractivity contribution in [3.8, 4) is 0 Å². The van der Waals surface area contributed by atoms with E-state index in [0.717, 1.165) is 22.5 Å². The number of nitrogens with one attached hydrogen (secondary N) is 1. The van der Waals surface area contributed by atoms with Gasteiger partial charge in [-0.15, -0.1) is 0 Å². The van der Waals surface area contributed by atoms with Gasteiger partial charge in [-0.1, -0.05) is 47.5 Å². The van der Waals surface area contributed by atoms with Gasteiger partial charge in [-0.2, -0.15) is 5.10 Å². The molecule has 1 heterocycles. The molecule has 3 rings (SSSR count). The molecule has 2 amide bonds. The van der Waals surface area contributed by atoms with Crippen LogP contribution in [0.1, 0.15) is 33.6 Å². The van der Waals surface area contributed by atoms with Crippen LogP contribution in [0.4, 0.5) is 5.69 Å². The summed E-state index contributed by atoms with van der Waals surface area (Å²) in [5.41, 5.74) is 7.00. The fraction of sp³-hybridized carbons (Fsp3) is 0.269. The van der Waals surface area contributed by atoms with Crippen molar-refractivity contribution in [1.29, 1.82) is 0 Å². The molecule has 0 atom stereocenters. The zero-order valence-corrected chi connectivity index (χ0v) is 19.3. The number of likely N-dealkylation sites (N-methyl/N-ethyl adjacent to an activating group) is 1. The molecule has 6 nitrogen and oxygen atoms in total. The lowest BCUT2D eigenvalue weighted by Gasteiger charge is -2.15. The summed E-state index contributed by atoms with van der Waals surface area (Å²) in [5.74, 6) is -0.481. The van der Waals surface area contributed by atoms with E-state index < -0.39 is 0 Å². The molecule has 3 aromatic rings. The maximum Gasteiger partial charge on any atom is 0.246 e. The van der Waals surface area contributed by atoms with Gasteiger partial charge in [-0.25, -0.2) is 0 Å². The van der Waals surface area contributed by atoms with Gasteiger partial charge in [0.05, 0.1) is 18.8 Å². The Morgan fingerprint density at radius 1 is 0.969 bits per heavy atom. The lowest BCUT2D eigenvalue weighted by Crippen LogP contribution is -2.33. The fourth-order valence-electron chi connectivity index (χ4n) is 3.38. The van der Waals surface area contributed by atoms with Gasteiger partial charge in [0, 0.05) is 30.1 Å². The van der Waals surface area contributed by atoms with Crippen molar-refractivity contribution in [3.63, 3.8) is 0 Å². The number of carbonyl (C=O) groups excluding carboxylic acids is 2. The minimum Gasteiger partial charge on any atom is -0.333 e. The van der Waals surface area contributed by atoms with Gasteiger partial charge >= 0.3 is 0 Å². The van der Waals surface area contributed by atoms with Crippen LogP contribution in [0.2, 0.25) is 0 Å². The second kappa shape index (κ2) is 10.1. The number of hydrogen-bond acceptors (Lipinski definition) is 3. The van der Waals surface area contributed by atoms with E-state index in [1.54, 1.807) is 13.1 Å². The Bertz CT molecular complexity index is 1130. The molecule has 0 aliphatic carbocycles. The summed E-state index contributed by atoms with van der Waals surface area (Å²) >= 11 is 0. The van der Waals surface area contributed by atoms with Gasteiger partial charge in [0.1, 0.15) is 0 Å². The summed E-state index contributed by atoms with van der Waals surface area (Å²) in [6.07, 6.45) is 3.27. The van der Waals surface area contributed by atoms with Crippen molar-refractivity contribution < 1.29 is 9.59 Å². The van der Waals surface area contributed by atoms with Crippen LogP contribution < -0.4 is 5.32 Å². The van der Waals surface area contributed by atoms with Gasteiger partial charge in [-0.05, 0) is 51.5 Å². The van der Waals surface area contributed by atoms with Crippen molar-refractivity contribution >= 4 is 23.6 Å². The maximum absolute atomic E-state index is 12.5. The minimum absolute atomic E-state index is 0.0261. The SMILES string of the molecule is Cc1ccc(Cn2nc(C)c(/C=C/C(=O)N(C)CC(=O)Nc3ccc(C)cc3)c2C)cc1. The average Bonchev–Trinajstić information content (AvgIpc) is 3.02. The van der Waals surface area contributed by atoms with E-state index in [0.29, 0.717) is 12.2 Å². The first-order valence-corrected chi connectivity index (χ1v) is 10.6. The lowest BCUT2D eigenvalue weighted by atomic mass is 10.1. The molecule has 2 aromatic carbocycles. The number of carbonyl (C=O) groups is 2. The van der Waals surface area contributed by atoms with Crippen LogP contribution >= 0.6 is 0 Å². The van der Waals surface area contributed by atoms with Crippen LogP contribution in [-0.2, 0) is 16.1 Å². The molecule has 0 aliphatic heterocycles. The Morgan fingerprint density at radius 3 is 2.19 bits per heavy atom. The van der Waals surface area contributed by atoms with Crippen molar-refractivity contribution in [3.05, 3.63) is 88.2 Å². The van der Waals surface area contributed by atoms with Gasteiger partial charge in [0.25, 0.3) is 0 Å². The third-order valence-electron chi connectivity index (χ3n) is 5.38. The summed E-state index contributed by atoms with van der Waals surface area (Å²) in [5, 5.41) is 7.44. The highest BCUT2D eigenvalue weighted by atomic mass is 16.2. The number of aromatic nitrogens is 2. The minimum atomic E-state index is -0.242. The van der Waals surface area contributed by atoms with Crippen LogP contribution in [0.25, 0.3) is 6.08 Å². The number of rotatable bonds is 7. The third-order valence-corrected chi connectivity index (χ3v) is 5.38. The van der Waals surface area contributed by atoms with E-state index >= 15 is 0 Å². The second-order valence-electron chi connectivity index (χ2n) is 8.17. The quantitative estimate of drug-likeness (QED) is 0.569. The topological polar surface area (TPSA) is 67.2 Å². The Labute approximate surface area is 189 Å². The molecule has 0 saturated heterocycles. The molecule has 6 heteroatoms. The van der Waals surface area contributed by atoms with Crippen molar-refractivity contribution in [2.45, 2.75) is 34.2 Å². The normalized spacial score (nSPS) is 11.0. The zero-order valence-electron chi connectivity index (χ0n) is 19.3. The van der Waals surface area contributed by atoms with E-state index in [9.17, 15) is 9.59 Å². The largest absolute Gasteiger partial charge is 0.333 e. The van der Waals surface area contributed by atoms with Crippen LogP contribution in [0, 0.1) is 27.7 Å². The summed E-state index contributed by atoms with van der Waals surface area (Å²) in [6, 6.07) is 15.9. The van der Waals surface area contributed by atoms with Crippen LogP contribution in [0.15, 0.2) is 54.6 Å². The van der Waals surface area contributed by atoms with Crippen LogP contribution in [0.3, 0.4) is 0 Å². The highest BCUT2D eigenvalue weighted by Crippen LogP contribution is 2.17. The van der Waals surface area contributed by atoms with Crippen molar-refractivity contribution in [2.24, 2.45) is 0 Å². The van der Waals surface area contributed by atoms with Crippen LogP contribution in [0.5, 0.6) is 0 Å². The average molecular weight is 431 g/mol. The molecule has 0 spiro atoms. The van der Waals surface area contributed by atoms with Gasteiger partial charge < -0.3 is 10.2 Å². The first-order valence-electron chi connectivity index (χ1n) is 10.6. The first-order chi connectivity index (χ1) is 15.2. The monoisotopic (exact) mass is 430 g/mol. The van der Waals surface area contributed by atoms with E-state index in [-0.39, 0.29) is 18.4 Å². The zero-order chi connectivity index (χ0) is 23.3. The maximum atomic E-state index is 12.5. The summed E-state index contributed by atoms with van der Waals surface area (Å²) in [6.45, 7) is 8.63. The molecule has 32 heavy (non-hydrogen) atoms. The molecule has 0 bridgehead atoms. The van der Waals surface area contributed by atoms with Gasteiger partial charge in [0.15, 0.2) is 0 Å². The second-order valence-corrected chi connectivity index (χ2v) is 8.17. The highest BCUT2D eigenvalue weighted by Gasteiger charge is 2.13. The van der Waals surface area contributed by atoms with Crippen molar-refractivity contribution in [1.82, 2.24) is 14.7 Å². The smallest absolute Gasteiger partial charge is 0.246 e. The molecule has 0 fully saturated rings. The highest BCUT2D eigenvalue weighted by molar-refractivity contribution is 5.98.